The Hall–Kier alpha value is -2.24. The molecule has 0 spiro atoms. The van der Waals surface area contributed by atoms with Gasteiger partial charge >= 0.3 is 6.09 Å². The minimum atomic E-state index is -0.377. The zero-order valence-corrected chi connectivity index (χ0v) is 18.3. The summed E-state index contributed by atoms with van der Waals surface area (Å²) in [7, 11) is 0. The fourth-order valence-electron chi connectivity index (χ4n) is 5.21. The average molecular weight is 415 g/mol. The molecule has 0 bridgehead atoms. The first-order chi connectivity index (χ1) is 14.2. The quantitative estimate of drug-likeness (QED) is 0.768. The van der Waals surface area contributed by atoms with E-state index in [-0.39, 0.29) is 24.0 Å². The Morgan fingerprint density at radius 1 is 1.17 bits per heavy atom. The second-order valence-corrected chi connectivity index (χ2v) is 10.3. The lowest BCUT2D eigenvalue weighted by Crippen LogP contribution is -2.41. The van der Waals surface area contributed by atoms with Crippen molar-refractivity contribution in [2.45, 2.75) is 64.3 Å². The van der Waals surface area contributed by atoms with E-state index in [1.54, 1.807) is 0 Å². The van der Waals surface area contributed by atoms with Gasteiger partial charge in [0.25, 0.3) is 0 Å². The molecule has 0 radical (unpaired) electrons. The molecule has 6 nitrogen and oxygen atoms in total. The normalized spacial score (nSPS) is 25.8. The van der Waals surface area contributed by atoms with Gasteiger partial charge in [-0.05, 0) is 56.9 Å². The van der Waals surface area contributed by atoms with Crippen LogP contribution in [0.4, 0.5) is 4.79 Å². The Labute approximate surface area is 179 Å². The zero-order valence-electron chi connectivity index (χ0n) is 18.3. The number of rotatable bonds is 5. The average Bonchev–Trinajstić information content (AvgIpc) is 3.08. The van der Waals surface area contributed by atoms with Gasteiger partial charge in [-0.15, -0.1) is 0 Å². The van der Waals surface area contributed by atoms with Gasteiger partial charge in [-0.2, -0.15) is 0 Å². The molecule has 2 aliphatic carbocycles. The SMILES string of the molecule is CC(C)(C)NC(=O)OCC1C2CN(C(=O)Cc3cccc(C4CCCC4)c3O)CC12. The lowest BCUT2D eigenvalue weighted by Gasteiger charge is -2.22. The molecular formula is C24H34N2O4. The van der Waals surface area contributed by atoms with E-state index in [4.69, 9.17) is 4.74 Å². The smallest absolute Gasteiger partial charge is 0.407 e. The number of nitrogens with zero attached hydrogens (tertiary/aromatic N) is 1. The lowest BCUT2D eigenvalue weighted by molar-refractivity contribution is -0.130. The van der Waals surface area contributed by atoms with E-state index in [0.717, 1.165) is 37.1 Å². The molecule has 1 aliphatic heterocycles. The van der Waals surface area contributed by atoms with E-state index in [9.17, 15) is 14.7 Å². The predicted molar refractivity (Wildman–Crippen MR) is 114 cm³/mol. The summed E-state index contributed by atoms with van der Waals surface area (Å²) in [6.07, 6.45) is 4.55. The van der Waals surface area contributed by atoms with E-state index in [1.807, 2.05) is 43.9 Å². The number of hydrogen-bond acceptors (Lipinski definition) is 4. The maximum atomic E-state index is 12.8. The number of likely N-dealkylation sites (tertiary alicyclic amines) is 1. The number of carbonyl (C=O) groups excluding carboxylic acids is 2. The third kappa shape index (κ3) is 4.57. The summed E-state index contributed by atoms with van der Waals surface area (Å²) >= 11 is 0. The number of amides is 2. The number of aromatic hydroxyl groups is 1. The summed E-state index contributed by atoms with van der Waals surface area (Å²) in [5.74, 6) is 2.03. The van der Waals surface area contributed by atoms with Crippen molar-refractivity contribution in [1.82, 2.24) is 10.2 Å². The highest BCUT2D eigenvalue weighted by Crippen LogP contribution is 2.52. The molecule has 3 aliphatic rings. The fraction of sp³-hybridized carbons (Fsp3) is 0.667. The van der Waals surface area contributed by atoms with E-state index < -0.39 is 0 Å². The molecule has 1 heterocycles. The number of ether oxygens (including phenoxy) is 1. The van der Waals surface area contributed by atoms with E-state index in [1.165, 1.54) is 12.8 Å². The Kier molecular flexibility index (Phi) is 5.69. The standard InChI is InChI=1S/C24H34N2O4/c1-24(2,3)25-23(29)30-14-20-18-12-26(13-19(18)20)21(27)11-16-9-6-10-17(22(16)28)15-7-4-5-8-15/h6,9-10,15,18-20,28H,4-5,7-8,11-14H2,1-3H3,(H,25,29). The fourth-order valence-corrected chi connectivity index (χ4v) is 5.21. The lowest BCUT2D eigenvalue weighted by atomic mass is 9.93. The maximum absolute atomic E-state index is 12.8. The topological polar surface area (TPSA) is 78.9 Å². The number of para-hydroxylation sites is 1. The molecular weight excluding hydrogens is 380 g/mol. The Morgan fingerprint density at radius 2 is 1.83 bits per heavy atom. The molecule has 3 fully saturated rings. The molecule has 2 unspecified atom stereocenters. The first kappa shape index (κ1) is 21.0. The molecule has 1 aromatic carbocycles. The van der Waals surface area contributed by atoms with Gasteiger partial charge in [0.15, 0.2) is 0 Å². The predicted octanol–water partition coefficient (Wildman–Crippen LogP) is 3.82. The monoisotopic (exact) mass is 414 g/mol. The number of alkyl carbamates (subject to hydrolysis) is 1. The second kappa shape index (κ2) is 8.12. The van der Waals surface area contributed by atoms with Gasteiger partial charge in [0.2, 0.25) is 5.91 Å². The molecule has 30 heavy (non-hydrogen) atoms. The zero-order chi connectivity index (χ0) is 21.5. The first-order valence-corrected chi connectivity index (χ1v) is 11.3. The van der Waals surface area contributed by atoms with Crippen LogP contribution in [0.15, 0.2) is 18.2 Å². The summed E-state index contributed by atoms with van der Waals surface area (Å²) in [5, 5.41) is 13.5. The van der Waals surface area contributed by atoms with Crippen LogP contribution in [0.3, 0.4) is 0 Å². The number of phenolic OH excluding ortho intramolecular Hbond substituents is 1. The van der Waals surface area contributed by atoms with Gasteiger partial charge in [-0.3, -0.25) is 4.79 Å². The molecule has 1 saturated heterocycles. The molecule has 164 valence electrons. The summed E-state index contributed by atoms with van der Waals surface area (Å²) < 4.78 is 5.36. The van der Waals surface area contributed by atoms with Crippen molar-refractivity contribution >= 4 is 12.0 Å². The van der Waals surface area contributed by atoms with Gasteiger partial charge in [0, 0.05) is 30.1 Å². The number of phenols is 1. The molecule has 2 atom stereocenters. The molecule has 0 aromatic heterocycles. The Bertz CT molecular complexity index is 798. The highest BCUT2D eigenvalue weighted by molar-refractivity contribution is 5.80. The van der Waals surface area contributed by atoms with Gasteiger partial charge in [0.1, 0.15) is 5.75 Å². The first-order valence-electron chi connectivity index (χ1n) is 11.3. The highest BCUT2D eigenvalue weighted by atomic mass is 16.5. The Balaban J connectivity index is 1.26. The van der Waals surface area contributed by atoms with Crippen LogP contribution in [0.5, 0.6) is 5.75 Å². The molecule has 2 amide bonds. The van der Waals surface area contributed by atoms with Crippen LogP contribution >= 0.6 is 0 Å². The third-order valence-corrected chi connectivity index (χ3v) is 6.90. The van der Waals surface area contributed by atoms with Crippen molar-refractivity contribution in [2.24, 2.45) is 17.8 Å². The minimum absolute atomic E-state index is 0.0752. The molecule has 2 saturated carbocycles. The van der Waals surface area contributed by atoms with Crippen molar-refractivity contribution in [3.63, 3.8) is 0 Å². The number of hydrogen-bond donors (Lipinski definition) is 2. The van der Waals surface area contributed by atoms with E-state index in [2.05, 4.69) is 5.32 Å². The van der Waals surface area contributed by atoms with Crippen LogP contribution in [0.25, 0.3) is 0 Å². The van der Waals surface area contributed by atoms with Crippen molar-refractivity contribution in [3.05, 3.63) is 29.3 Å². The van der Waals surface area contributed by atoms with Crippen LogP contribution < -0.4 is 5.32 Å². The summed E-state index contributed by atoms with van der Waals surface area (Å²) in [4.78, 5) is 26.5. The van der Waals surface area contributed by atoms with Crippen LogP contribution in [-0.4, -0.2) is 47.2 Å². The van der Waals surface area contributed by atoms with Crippen molar-refractivity contribution in [3.8, 4) is 5.75 Å². The number of piperidine rings is 1. The van der Waals surface area contributed by atoms with Gasteiger partial charge < -0.3 is 20.1 Å². The summed E-state index contributed by atoms with van der Waals surface area (Å²) in [6.45, 7) is 7.63. The second-order valence-electron chi connectivity index (χ2n) is 10.3. The van der Waals surface area contributed by atoms with Crippen LogP contribution in [0, 0.1) is 17.8 Å². The number of fused-ring (bicyclic) bond motifs is 1. The Morgan fingerprint density at radius 3 is 2.47 bits per heavy atom. The van der Waals surface area contributed by atoms with E-state index >= 15 is 0 Å². The summed E-state index contributed by atoms with van der Waals surface area (Å²) in [6, 6.07) is 5.84. The maximum Gasteiger partial charge on any atom is 0.407 e. The van der Waals surface area contributed by atoms with Gasteiger partial charge in [-0.1, -0.05) is 31.0 Å². The van der Waals surface area contributed by atoms with Crippen LogP contribution in [-0.2, 0) is 16.0 Å². The largest absolute Gasteiger partial charge is 0.507 e. The van der Waals surface area contributed by atoms with Crippen LogP contribution in [0.1, 0.15) is 63.5 Å². The number of nitrogens with one attached hydrogen (secondary N) is 1. The molecule has 2 N–H and O–H groups in total. The molecule has 6 heteroatoms. The van der Waals surface area contributed by atoms with Crippen molar-refractivity contribution in [1.29, 1.82) is 0 Å². The number of carbonyl (C=O) groups is 2. The summed E-state index contributed by atoms with van der Waals surface area (Å²) in [5.41, 5.74) is 1.44. The van der Waals surface area contributed by atoms with Crippen LogP contribution in [0.2, 0.25) is 0 Å². The van der Waals surface area contributed by atoms with Gasteiger partial charge in [0.05, 0.1) is 13.0 Å². The van der Waals surface area contributed by atoms with Crippen molar-refractivity contribution < 1.29 is 19.4 Å². The molecule has 4 rings (SSSR count). The third-order valence-electron chi connectivity index (χ3n) is 6.90. The van der Waals surface area contributed by atoms with Gasteiger partial charge in [-0.25, -0.2) is 4.79 Å². The van der Waals surface area contributed by atoms with E-state index in [0.29, 0.717) is 36.0 Å². The minimum Gasteiger partial charge on any atom is -0.507 e. The highest BCUT2D eigenvalue weighted by Gasteiger charge is 2.56. The number of benzene rings is 1. The van der Waals surface area contributed by atoms with Crippen molar-refractivity contribution in [2.75, 3.05) is 19.7 Å². The molecule has 1 aromatic rings.